The number of benzene rings is 2. The maximum Gasteiger partial charge on any atom is 0.116 e. The van der Waals surface area contributed by atoms with Gasteiger partial charge in [0.25, 0.3) is 0 Å². The van der Waals surface area contributed by atoms with Crippen LogP contribution in [0.15, 0.2) is 33.2 Å². The molecule has 0 bridgehead atoms. The van der Waals surface area contributed by atoms with Gasteiger partial charge in [-0.25, -0.2) is 0 Å². The van der Waals surface area contributed by atoms with E-state index in [0.29, 0.717) is 0 Å². The van der Waals surface area contributed by atoms with Crippen molar-refractivity contribution in [3.8, 4) is 5.75 Å². The SMILES string of the molecule is Oc1ccc2c(Br)cc(Br)[c]c2c1. The van der Waals surface area contributed by atoms with Gasteiger partial charge in [-0.3, -0.25) is 0 Å². The third kappa shape index (κ3) is 1.71. The Morgan fingerprint density at radius 3 is 2.69 bits per heavy atom. The van der Waals surface area contributed by atoms with Crippen LogP contribution < -0.4 is 0 Å². The van der Waals surface area contributed by atoms with Gasteiger partial charge in [-0.05, 0) is 35.0 Å². The predicted molar refractivity (Wildman–Crippen MR) is 59.8 cm³/mol. The van der Waals surface area contributed by atoms with Gasteiger partial charge in [0.05, 0.1) is 0 Å². The fourth-order valence-corrected chi connectivity index (χ4v) is 2.52. The van der Waals surface area contributed by atoms with Crippen molar-refractivity contribution in [2.75, 3.05) is 0 Å². The minimum Gasteiger partial charge on any atom is -0.508 e. The molecule has 0 amide bonds. The lowest BCUT2D eigenvalue weighted by Crippen LogP contribution is -1.76. The lowest BCUT2D eigenvalue weighted by molar-refractivity contribution is 0.476. The number of aromatic hydroxyl groups is 1. The van der Waals surface area contributed by atoms with Crippen molar-refractivity contribution in [1.29, 1.82) is 0 Å². The molecule has 0 fully saturated rings. The van der Waals surface area contributed by atoms with E-state index in [-0.39, 0.29) is 5.75 Å². The third-order valence-electron chi connectivity index (χ3n) is 1.77. The number of hydrogen-bond acceptors (Lipinski definition) is 1. The van der Waals surface area contributed by atoms with Crippen molar-refractivity contribution in [2.45, 2.75) is 0 Å². The Bertz CT molecular complexity index is 460. The Morgan fingerprint density at radius 2 is 1.92 bits per heavy atom. The van der Waals surface area contributed by atoms with E-state index in [1.165, 1.54) is 0 Å². The molecule has 0 aliphatic carbocycles. The topological polar surface area (TPSA) is 20.2 Å². The summed E-state index contributed by atoms with van der Waals surface area (Å²) in [4.78, 5) is 0. The number of hydrogen-bond donors (Lipinski definition) is 1. The standard InChI is InChI=1S/C10H5Br2O/c11-7-3-6-4-8(13)1-2-9(6)10(12)5-7/h1-2,4-5,13H. The first-order chi connectivity index (χ1) is 6.16. The molecular weight excluding hydrogens is 296 g/mol. The van der Waals surface area contributed by atoms with E-state index in [1.807, 2.05) is 12.1 Å². The maximum absolute atomic E-state index is 9.26. The van der Waals surface area contributed by atoms with Crippen molar-refractivity contribution >= 4 is 42.6 Å². The number of halogens is 2. The largest absolute Gasteiger partial charge is 0.508 e. The maximum atomic E-state index is 9.26. The molecule has 0 saturated carbocycles. The van der Waals surface area contributed by atoms with Gasteiger partial charge in [0.2, 0.25) is 0 Å². The normalized spacial score (nSPS) is 10.6. The smallest absolute Gasteiger partial charge is 0.116 e. The second-order valence-corrected chi connectivity index (χ2v) is 4.40. The highest BCUT2D eigenvalue weighted by molar-refractivity contribution is 9.11. The van der Waals surface area contributed by atoms with Crippen LogP contribution in [0.1, 0.15) is 0 Å². The zero-order chi connectivity index (χ0) is 9.42. The summed E-state index contributed by atoms with van der Waals surface area (Å²) in [6.45, 7) is 0. The summed E-state index contributed by atoms with van der Waals surface area (Å²) in [7, 11) is 0. The van der Waals surface area contributed by atoms with Gasteiger partial charge in [0.15, 0.2) is 0 Å². The highest BCUT2D eigenvalue weighted by atomic mass is 79.9. The monoisotopic (exact) mass is 299 g/mol. The van der Waals surface area contributed by atoms with Crippen LogP contribution in [0.25, 0.3) is 10.8 Å². The highest BCUT2D eigenvalue weighted by Gasteiger charge is 2.01. The van der Waals surface area contributed by atoms with Gasteiger partial charge in [-0.15, -0.1) is 0 Å². The molecule has 0 unspecified atom stereocenters. The van der Waals surface area contributed by atoms with Crippen LogP contribution in [0.3, 0.4) is 0 Å². The molecular formula is C10H5Br2O. The molecule has 1 N–H and O–H groups in total. The zero-order valence-electron chi connectivity index (χ0n) is 6.51. The van der Waals surface area contributed by atoms with Gasteiger partial charge in [0.1, 0.15) is 5.75 Å². The Balaban J connectivity index is 2.86. The molecule has 13 heavy (non-hydrogen) atoms. The summed E-state index contributed by atoms with van der Waals surface area (Å²) in [6, 6.07) is 10.2. The van der Waals surface area contributed by atoms with E-state index < -0.39 is 0 Å². The Morgan fingerprint density at radius 1 is 1.15 bits per heavy atom. The van der Waals surface area contributed by atoms with E-state index in [0.717, 1.165) is 19.7 Å². The molecule has 3 heteroatoms. The summed E-state index contributed by atoms with van der Waals surface area (Å²) < 4.78 is 1.87. The summed E-state index contributed by atoms with van der Waals surface area (Å²) in [5.74, 6) is 0.258. The van der Waals surface area contributed by atoms with E-state index in [4.69, 9.17) is 0 Å². The van der Waals surface area contributed by atoms with Crippen LogP contribution in [0.2, 0.25) is 0 Å². The van der Waals surface area contributed by atoms with Crippen LogP contribution in [-0.4, -0.2) is 5.11 Å². The van der Waals surface area contributed by atoms with Crippen LogP contribution in [0.5, 0.6) is 5.75 Å². The lowest BCUT2D eigenvalue weighted by Gasteiger charge is -2.01. The van der Waals surface area contributed by atoms with Crippen molar-refractivity contribution in [1.82, 2.24) is 0 Å². The van der Waals surface area contributed by atoms with Crippen LogP contribution in [-0.2, 0) is 0 Å². The first-order valence-corrected chi connectivity index (χ1v) is 5.25. The summed E-state index contributed by atoms with van der Waals surface area (Å²) >= 11 is 6.78. The van der Waals surface area contributed by atoms with E-state index >= 15 is 0 Å². The van der Waals surface area contributed by atoms with Crippen LogP contribution >= 0.6 is 31.9 Å². The van der Waals surface area contributed by atoms with Crippen molar-refractivity contribution < 1.29 is 5.11 Å². The van der Waals surface area contributed by atoms with Crippen LogP contribution in [0, 0.1) is 6.07 Å². The number of rotatable bonds is 0. The number of phenolic OH excluding ortho intramolecular Hbond substituents is 1. The summed E-state index contributed by atoms with van der Waals surface area (Å²) in [6.07, 6.45) is 0. The molecule has 0 aliphatic heterocycles. The fourth-order valence-electron chi connectivity index (χ4n) is 1.20. The van der Waals surface area contributed by atoms with Gasteiger partial charge in [-0.1, -0.05) is 31.9 Å². The number of fused-ring (bicyclic) bond motifs is 1. The Labute approximate surface area is 92.6 Å². The average molecular weight is 301 g/mol. The molecule has 0 aliphatic rings. The van der Waals surface area contributed by atoms with Gasteiger partial charge in [-0.2, -0.15) is 0 Å². The summed E-state index contributed by atoms with van der Waals surface area (Å²) in [5, 5.41) is 11.2. The second-order valence-electron chi connectivity index (χ2n) is 2.70. The molecule has 0 heterocycles. The second kappa shape index (κ2) is 3.31. The van der Waals surface area contributed by atoms with E-state index in [2.05, 4.69) is 37.9 Å². The number of phenols is 1. The molecule has 2 aromatic carbocycles. The van der Waals surface area contributed by atoms with Gasteiger partial charge in [0, 0.05) is 15.0 Å². The molecule has 0 atom stereocenters. The van der Waals surface area contributed by atoms with Gasteiger partial charge < -0.3 is 5.11 Å². The highest BCUT2D eigenvalue weighted by Crippen LogP contribution is 2.29. The molecule has 1 radical (unpaired) electrons. The molecule has 0 aromatic heterocycles. The molecule has 2 rings (SSSR count). The predicted octanol–water partition coefficient (Wildman–Crippen LogP) is 3.87. The minimum atomic E-state index is 0.258. The lowest BCUT2D eigenvalue weighted by atomic mass is 10.1. The molecule has 2 aromatic rings. The van der Waals surface area contributed by atoms with Crippen molar-refractivity contribution in [2.24, 2.45) is 0 Å². The first-order valence-electron chi connectivity index (χ1n) is 3.67. The third-order valence-corrected chi connectivity index (χ3v) is 2.85. The Kier molecular flexibility index (Phi) is 2.30. The minimum absolute atomic E-state index is 0.258. The van der Waals surface area contributed by atoms with Crippen molar-refractivity contribution in [3.05, 3.63) is 39.3 Å². The Hall–Kier alpha value is -0.540. The van der Waals surface area contributed by atoms with Gasteiger partial charge >= 0.3 is 0 Å². The van der Waals surface area contributed by atoms with Crippen LogP contribution in [0.4, 0.5) is 0 Å². The first kappa shape index (κ1) is 9.03. The van der Waals surface area contributed by atoms with E-state index in [1.54, 1.807) is 12.1 Å². The van der Waals surface area contributed by atoms with E-state index in [9.17, 15) is 5.11 Å². The molecule has 0 saturated heterocycles. The zero-order valence-corrected chi connectivity index (χ0v) is 9.68. The molecule has 0 spiro atoms. The average Bonchev–Trinajstić information content (AvgIpc) is 2.02. The quantitative estimate of drug-likeness (QED) is 0.783. The molecule has 65 valence electrons. The fraction of sp³-hybridized carbons (Fsp3) is 0. The summed E-state index contributed by atoms with van der Waals surface area (Å²) in [5.41, 5.74) is 0. The van der Waals surface area contributed by atoms with Crippen molar-refractivity contribution in [3.63, 3.8) is 0 Å². The molecule has 1 nitrogen and oxygen atoms in total.